The number of hydrogen-bond acceptors (Lipinski definition) is 6. The van der Waals surface area contributed by atoms with Crippen LogP contribution in [-0.2, 0) is 9.53 Å². The fourth-order valence-corrected chi connectivity index (χ4v) is 3.54. The molecule has 2 N–H and O–H groups in total. The topological polar surface area (TPSA) is 114 Å². The van der Waals surface area contributed by atoms with Gasteiger partial charge in [0, 0.05) is 44.8 Å². The van der Waals surface area contributed by atoms with Crippen LogP contribution < -0.4 is 10.6 Å². The van der Waals surface area contributed by atoms with Crippen molar-refractivity contribution in [2.24, 2.45) is 0 Å². The third-order valence-electron chi connectivity index (χ3n) is 5.16. The first-order valence-electron chi connectivity index (χ1n) is 10.1. The lowest BCUT2D eigenvalue weighted by atomic mass is 10.1. The van der Waals surface area contributed by atoms with Crippen LogP contribution in [0.4, 0.5) is 11.4 Å². The molecule has 3 rings (SSSR count). The summed E-state index contributed by atoms with van der Waals surface area (Å²) in [6, 6.07) is 13.3. The second kappa shape index (κ2) is 10.5. The van der Waals surface area contributed by atoms with Crippen LogP contribution in [0.3, 0.4) is 0 Å². The van der Waals surface area contributed by atoms with Gasteiger partial charge in [-0.25, -0.2) is 0 Å². The largest absolute Gasteiger partial charge is 0.383 e. The maximum atomic E-state index is 13.0. The van der Waals surface area contributed by atoms with Crippen LogP contribution in [0.5, 0.6) is 0 Å². The molecule has 0 spiro atoms. The molecule has 1 aliphatic heterocycles. The second-order valence-electron chi connectivity index (χ2n) is 7.29. The van der Waals surface area contributed by atoms with Crippen molar-refractivity contribution in [1.29, 1.82) is 0 Å². The van der Waals surface area contributed by atoms with Crippen molar-refractivity contribution >= 4 is 23.2 Å². The first-order valence-corrected chi connectivity index (χ1v) is 10.1. The van der Waals surface area contributed by atoms with Crippen LogP contribution in [-0.4, -0.2) is 55.0 Å². The third kappa shape index (κ3) is 5.79. The maximum absolute atomic E-state index is 13.0. The second-order valence-corrected chi connectivity index (χ2v) is 7.29. The van der Waals surface area contributed by atoms with E-state index in [1.165, 1.54) is 12.1 Å². The fraction of sp³-hybridized carbons (Fsp3) is 0.364. The Morgan fingerprint density at radius 1 is 1.26 bits per heavy atom. The molecule has 2 aromatic rings. The molecule has 9 nitrogen and oxygen atoms in total. The molecule has 2 amide bonds. The number of nitro benzene ring substituents is 1. The Hall–Kier alpha value is -3.46. The van der Waals surface area contributed by atoms with Gasteiger partial charge in [-0.1, -0.05) is 30.3 Å². The number of ether oxygens (including phenoxy) is 1. The van der Waals surface area contributed by atoms with Crippen LogP contribution >= 0.6 is 0 Å². The lowest BCUT2D eigenvalue weighted by Gasteiger charge is -2.25. The molecule has 1 aliphatic rings. The van der Waals surface area contributed by atoms with Gasteiger partial charge in [0.1, 0.15) is 5.69 Å². The molecule has 0 aliphatic carbocycles. The summed E-state index contributed by atoms with van der Waals surface area (Å²) in [5.41, 5.74) is 1.18. The molecular weight excluding hydrogens is 400 g/mol. The highest BCUT2D eigenvalue weighted by Gasteiger charge is 2.26. The van der Waals surface area contributed by atoms with Crippen LogP contribution in [0.2, 0.25) is 0 Å². The predicted molar refractivity (Wildman–Crippen MR) is 116 cm³/mol. The quantitative estimate of drug-likeness (QED) is 0.343. The highest BCUT2D eigenvalue weighted by Crippen LogP contribution is 2.26. The molecule has 1 fully saturated rings. The van der Waals surface area contributed by atoms with Crippen LogP contribution in [0.15, 0.2) is 48.5 Å². The van der Waals surface area contributed by atoms with E-state index in [1.807, 2.05) is 30.3 Å². The Balaban J connectivity index is 1.79. The van der Waals surface area contributed by atoms with E-state index >= 15 is 0 Å². The Morgan fingerprint density at radius 3 is 2.68 bits per heavy atom. The van der Waals surface area contributed by atoms with Gasteiger partial charge in [-0.2, -0.15) is 0 Å². The first-order chi connectivity index (χ1) is 15.0. The van der Waals surface area contributed by atoms with Gasteiger partial charge in [-0.3, -0.25) is 19.7 Å². The van der Waals surface area contributed by atoms with Crippen LogP contribution in [0.1, 0.15) is 34.8 Å². The summed E-state index contributed by atoms with van der Waals surface area (Å²) in [5, 5.41) is 17.4. The molecule has 0 radical (unpaired) electrons. The summed E-state index contributed by atoms with van der Waals surface area (Å²) in [4.78, 5) is 37.7. The molecule has 0 bridgehead atoms. The van der Waals surface area contributed by atoms with E-state index in [-0.39, 0.29) is 17.2 Å². The monoisotopic (exact) mass is 426 g/mol. The normalized spacial score (nSPS) is 14.4. The van der Waals surface area contributed by atoms with Crippen molar-refractivity contribution in [3.8, 4) is 0 Å². The van der Waals surface area contributed by atoms with Crippen molar-refractivity contribution in [3.63, 3.8) is 0 Å². The van der Waals surface area contributed by atoms with E-state index in [9.17, 15) is 19.7 Å². The van der Waals surface area contributed by atoms with Gasteiger partial charge < -0.3 is 20.3 Å². The van der Waals surface area contributed by atoms with E-state index < -0.39 is 16.9 Å². The van der Waals surface area contributed by atoms with E-state index in [4.69, 9.17) is 4.74 Å². The lowest BCUT2D eigenvalue weighted by Crippen LogP contribution is -2.38. The highest BCUT2D eigenvalue weighted by atomic mass is 16.6. The number of methoxy groups -OCH3 is 1. The molecule has 0 saturated carbocycles. The third-order valence-corrected chi connectivity index (χ3v) is 5.16. The standard InChI is InChI=1S/C22H26N4O5/c1-31-13-11-23-18-10-9-17(14-20(18)26(29)30)22(28)24-19(16-6-3-2-4-7-16)15-25-12-5-8-21(25)27/h2-4,6-7,9-10,14,19,23H,5,8,11-13,15H2,1H3,(H,24,28). The fourth-order valence-electron chi connectivity index (χ4n) is 3.54. The number of carbonyl (C=O) groups is 2. The first kappa shape index (κ1) is 22.2. The average Bonchev–Trinajstić information content (AvgIpc) is 3.18. The van der Waals surface area contributed by atoms with Gasteiger partial charge in [0.25, 0.3) is 11.6 Å². The minimum absolute atomic E-state index is 0.0669. The highest BCUT2D eigenvalue weighted by molar-refractivity contribution is 5.96. The zero-order valence-corrected chi connectivity index (χ0v) is 17.4. The van der Waals surface area contributed by atoms with E-state index in [0.29, 0.717) is 38.3 Å². The Labute approximate surface area is 180 Å². The van der Waals surface area contributed by atoms with E-state index in [0.717, 1.165) is 12.0 Å². The van der Waals surface area contributed by atoms with Crippen LogP contribution in [0.25, 0.3) is 0 Å². The van der Waals surface area contributed by atoms with Gasteiger partial charge in [0.2, 0.25) is 5.91 Å². The van der Waals surface area contributed by atoms with Crippen molar-refractivity contribution in [1.82, 2.24) is 10.2 Å². The molecule has 1 atom stereocenters. The van der Waals surface area contributed by atoms with Crippen molar-refractivity contribution < 1.29 is 19.2 Å². The number of carbonyl (C=O) groups excluding carboxylic acids is 2. The lowest BCUT2D eigenvalue weighted by molar-refractivity contribution is -0.384. The SMILES string of the molecule is COCCNc1ccc(C(=O)NC(CN2CCCC2=O)c2ccccc2)cc1[N+](=O)[O-]. The Kier molecular flexibility index (Phi) is 7.55. The van der Waals surface area contributed by atoms with Crippen molar-refractivity contribution in [3.05, 3.63) is 69.8 Å². The minimum atomic E-state index is -0.524. The Bertz CT molecular complexity index is 935. The molecule has 2 aromatic carbocycles. The number of likely N-dealkylation sites (tertiary alicyclic amines) is 1. The molecule has 31 heavy (non-hydrogen) atoms. The number of amides is 2. The predicted octanol–water partition coefficient (Wildman–Crippen LogP) is 2.75. The number of hydrogen-bond donors (Lipinski definition) is 2. The van der Waals surface area contributed by atoms with E-state index in [1.54, 1.807) is 18.1 Å². The smallest absolute Gasteiger partial charge is 0.293 e. The Morgan fingerprint density at radius 2 is 2.03 bits per heavy atom. The van der Waals surface area contributed by atoms with Gasteiger partial charge >= 0.3 is 0 Å². The number of rotatable bonds is 10. The number of anilines is 1. The molecule has 9 heteroatoms. The van der Waals surface area contributed by atoms with Crippen LogP contribution in [0, 0.1) is 10.1 Å². The van der Waals surface area contributed by atoms with Gasteiger partial charge in [0.15, 0.2) is 0 Å². The number of nitro groups is 1. The number of benzene rings is 2. The molecule has 1 saturated heterocycles. The summed E-state index contributed by atoms with van der Waals surface area (Å²) in [6.45, 7) is 1.81. The molecule has 1 unspecified atom stereocenters. The summed E-state index contributed by atoms with van der Waals surface area (Å²) in [7, 11) is 1.54. The molecular formula is C22H26N4O5. The van der Waals surface area contributed by atoms with Crippen molar-refractivity contribution in [2.45, 2.75) is 18.9 Å². The summed E-state index contributed by atoms with van der Waals surface area (Å²) in [5.74, 6) is -0.371. The molecule has 0 aromatic heterocycles. The summed E-state index contributed by atoms with van der Waals surface area (Å²) in [6.07, 6.45) is 1.32. The molecule has 164 valence electrons. The average molecular weight is 426 g/mol. The minimum Gasteiger partial charge on any atom is -0.383 e. The summed E-state index contributed by atoms with van der Waals surface area (Å²) < 4.78 is 4.95. The number of nitrogens with zero attached hydrogens (tertiary/aromatic N) is 2. The van der Waals surface area contributed by atoms with Gasteiger partial charge in [0.05, 0.1) is 17.6 Å². The maximum Gasteiger partial charge on any atom is 0.293 e. The zero-order valence-electron chi connectivity index (χ0n) is 17.4. The number of nitrogens with one attached hydrogen (secondary N) is 2. The van der Waals surface area contributed by atoms with Gasteiger partial charge in [-0.15, -0.1) is 0 Å². The van der Waals surface area contributed by atoms with Gasteiger partial charge in [-0.05, 0) is 24.1 Å². The van der Waals surface area contributed by atoms with E-state index in [2.05, 4.69) is 10.6 Å². The zero-order chi connectivity index (χ0) is 22.2. The molecule has 1 heterocycles. The van der Waals surface area contributed by atoms with Crippen molar-refractivity contribution in [2.75, 3.05) is 38.7 Å². The summed E-state index contributed by atoms with van der Waals surface area (Å²) >= 11 is 0.